The van der Waals surface area contributed by atoms with Gasteiger partial charge >= 0.3 is 0 Å². The van der Waals surface area contributed by atoms with Crippen molar-refractivity contribution >= 4 is 0 Å². The predicted octanol–water partition coefficient (Wildman–Crippen LogP) is 5.04. The monoisotopic (exact) mass is 265 g/mol. The number of rotatable bonds is 5. The lowest BCUT2D eigenvalue weighted by Crippen LogP contribution is -2.23. The number of benzene rings is 2. The minimum absolute atomic E-state index is 0.247. The molecule has 2 atom stereocenters. The van der Waals surface area contributed by atoms with Crippen LogP contribution in [0.3, 0.4) is 0 Å². The second-order valence-electron chi connectivity index (χ2n) is 5.43. The van der Waals surface area contributed by atoms with Crippen molar-refractivity contribution in [3.63, 3.8) is 0 Å². The Hall–Kier alpha value is -1.86. The van der Waals surface area contributed by atoms with Crippen molar-refractivity contribution in [1.82, 2.24) is 5.32 Å². The van der Waals surface area contributed by atoms with Gasteiger partial charge < -0.3 is 5.32 Å². The van der Waals surface area contributed by atoms with Crippen molar-refractivity contribution in [2.24, 2.45) is 0 Å². The van der Waals surface area contributed by atoms with Gasteiger partial charge in [0.1, 0.15) is 0 Å². The normalized spacial score (nSPS) is 13.6. The zero-order chi connectivity index (χ0) is 14.4. The smallest absolute Gasteiger partial charge is 0.0513 e. The van der Waals surface area contributed by atoms with Crippen LogP contribution in [0.15, 0.2) is 72.3 Å². The molecule has 104 valence electrons. The lowest BCUT2D eigenvalue weighted by Gasteiger charge is -2.22. The van der Waals surface area contributed by atoms with Crippen molar-refractivity contribution in [2.75, 3.05) is 0 Å². The van der Waals surface area contributed by atoms with Crippen LogP contribution >= 0.6 is 0 Å². The topological polar surface area (TPSA) is 12.0 Å². The number of nitrogens with one attached hydrogen (secondary N) is 1. The summed E-state index contributed by atoms with van der Waals surface area (Å²) in [7, 11) is 0. The van der Waals surface area contributed by atoms with Gasteiger partial charge in [-0.05, 0) is 31.9 Å². The van der Waals surface area contributed by atoms with Crippen LogP contribution in [0.1, 0.15) is 44.0 Å². The molecule has 0 bridgehead atoms. The van der Waals surface area contributed by atoms with Gasteiger partial charge in [-0.1, -0.05) is 72.3 Å². The maximum atomic E-state index is 3.70. The highest BCUT2D eigenvalue weighted by atomic mass is 14.9. The third-order valence-corrected chi connectivity index (χ3v) is 3.39. The van der Waals surface area contributed by atoms with Crippen molar-refractivity contribution < 1.29 is 0 Å². The first kappa shape index (κ1) is 14.5. The first-order valence-electron chi connectivity index (χ1n) is 7.18. The largest absolute Gasteiger partial charge is 0.300 e. The van der Waals surface area contributed by atoms with Crippen LogP contribution in [0.5, 0.6) is 0 Å². The zero-order valence-electron chi connectivity index (χ0n) is 12.5. The molecular weight excluding hydrogens is 242 g/mol. The maximum absolute atomic E-state index is 3.70. The van der Waals surface area contributed by atoms with E-state index in [4.69, 9.17) is 0 Å². The van der Waals surface area contributed by atoms with Crippen molar-refractivity contribution in [3.05, 3.63) is 83.4 Å². The van der Waals surface area contributed by atoms with E-state index in [9.17, 15) is 0 Å². The fraction of sp³-hybridized carbons (Fsp3) is 0.263. The van der Waals surface area contributed by atoms with Crippen LogP contribution in [0.25, 0.3) is 0 Å². The lowest BCUT2D eigenvalue weighted by molar-refractivity contribution is 0.525. The second-order valence-corrected chi connectivity index (χ2v) is 5.43. The van der Waals surface area contributed by atoms with Crippen LogP contribution in [-0.4, -0.2) is 0 Å². The summed E-state index contributed by atoms with van der Waals surface area (Å²) in [5.41, 5.74) is 3.94. The first-order chi connectivity index (χ1) is 9.66. The summed E-state index contributed by atoms with van der Waals surface area (Å²) in [4.78, 5) is 0. The van der Waals surface area contributed by atoms with E-state index < -0.39 is 0 Å². The molecule has 2 unspecified atom stereocenters. The molecule has 0 saturated carbocycles. The fourth-order valence-electron chi connectivity index (χ4n) is 2.34. The Morgan fingerprint density at radius 1 is 0.850 bits per heavy atom. The standard InChI is InChI=1S/C19H23N/c1-15(2)14-19(18-12-8-5-9-13-18)20-16(3)17-10-6-4-7-11-17/h4-14,16,19-20H,1-3H3. The van der Waals surface area contributed by atoms with E-state index in [0.717, 1.165) is 0 Å². The summed E-state index contributed by atoms with van der Waals surface area (Å²) in [6.45, 7) is 6.50. The molecule has 0 fully saturated rings. The summed E-state index contributed by atoms with van der Waals surface area (Å²) in [6.07, 6.45) is 2.29. The molecule has 0 amide bonds. The van der Waals surface area contributed by atoms with Crippen molar-refractivity contribution in [2.45, 2.75) is 32.9 Å². The van der Waals surface area contributed by atoms with Gasteiger partial charge in [-0.3, -0.25) is 0 Å². The third-order valence-electron chi connectivity index (χ3n) is 3.39. The van der Waals surface area contributed by atoms with Crippen LogP contribution in [0.4, 0.5) is 0 Å². The average molecular weight is 265 g/mol. The molecule has 0 spiro atoms. The molecule has 0 aliphatic carbocycles. The zero-order valence-corrected chi connectivity index (χ0v) is 12.5. The Morgan fingerprint density at radius 3 is 1.85 bits per heavy atom. The van der Waals surface area contributed by atoms with E-state index in [-0.39, 0.29) is 6.04 Å². The quantitative estimate of drug-likeness (QED) is 0.746. The van der Waals surface area contributed by atoms with E-state index in [1.54, 1.807) is 0 Å². The minimum Gasteiger partial charge on any atom is -0.300 e. The molecule has 0 radical (unpaired) electrons. The van der Waals surface area contributed by atoms with Gasteiger partial charge in [-0.2, -0.15) is 0 Å². The van der Waals surface area contributed by atoms with Gasteiger partial charge in [0.15, 0.2) is 0 Å². The van der Waals surface area contributed by atoms with Gasteiger partial charge in [-0.15, -0.1) is 0 Å². The van der Waals surface area contributed by atoms with Crippen molar-refractivity contribution in [3.8, 4) is 0 Å². The molecule has 0 saturated heterocycles. The molecule has 20 heavy (non-hydrogen) atoms. The molecule has 2 rings (SSSR count). The van der Waals surface area contributed by atoms with Gasteiger partial charge in [0, 0.05) is 6.04 Å². The fourth-order valence-corrected chi connectivity index (χ4v) is 2.34. The molecule has 1 N–H and O–H groups in total. The molecule has 1 heteroatoms. The number of hydrogen-bond acceptors (Lipinski definition) is 1. The van der Waals surface area contributed by atoms with E-state index in [0.29, 0.717) is 6.04 Å². The average Bonchev–Trinajstić information content (AvgIpc) is 2.48. The molecule has 0 aliphatic heterocycles. The molecule has 0 aliphatic rings. The molecule has 0 aromatic heterocycles. The molecular formula is C19H23N. The van der Waals surface area contributed by atoms with Gasteiger partial charge in [-0.25, -0.2) is 0 Å². The third kappa shape index (κ3) is 4.07. The minimum atomic E-state index is 0.247. The van der Waals surface area contributed by atoms with E-state index >= 15 is 0 Å². The highest BCUT2D eigenvalue weighted by molar-refractivity contribution is 5.26. The Morgan fingerprint density at radius 2 is 1.35 bits per heavy atom. The van der Waals surface area contributed by atoms with Crippen LogP contribution < -0.4 is 5.32 Å². The SMILES string of the molecule is CC(C)=CC(NC(C)c1ccccc1)c1ccccc1. The highest BCUT2D eigenvalue weighted by Gasteiger charge is 2.12. The van der Waals surface area contributed by atoms with Crippen molar-refractivity contribution in [1.29, 1.82) is 0 Å². The predicted molar refractivity (Wildman–Crippen MR) is 86.6 cm³/mol. The van der Waals surface area contributed by atoms with Crippen LogP contribution in [0.2, 0.25) is 0 Å². The summed E-state index contributed by atoms with van der Waals surface area (Å²) in [5.74, 6) is 0. The number of hydrogen-bond donors (Lipinski definition) is 1. The Labute approximate surface area is 122 Å². The Bertz CT molecular complexity index is 538. The first-order valence-corrected chi connectivity index (χ1v) is 7.18. The van der Waals surface area contributed by atoms with E-state index in [2.05, 4.69) is 92.8 Å². The molecule has 0 heterocycles. The molecule has 2 aromatic carbocycles. The van der Waals surface area contributed by atoms with E-state index in [1.165, 1.54) is 16.7 Å². The van der Waals surface area contributed by atoms with Gasteiger partial charge in [0.2, 0.25) is 0 Å². The van der Waals surface area contributed by atoms with E-state index in [1.807, 2.05) is 0 Å². The van der Waals surface area contributed by atoms with Crippen LogP contribution in [0, 0.1) is 0 Å². The summed E-state index contributed by atoms with van der Waals surface area (Å²) in [6, 6.07) is 21.7. The summed E-state index contributed by atoms with van der Waals surface area (Å²) in [5, 5.41) is 3.70. The van der Waals surface area contributed by atoms with Gasteiger partial charge in [0.05, 0.1) is 6.04 Å². The Balaban J connectivity index is 2.19. The maximum Gasteiger partial charge on any atom is 0.0513 e. The molecule has 1 nitrogen and oxygen atoms in total. The lowest BCUT2D eigenvalue weighted by atomic mass is 10.0. The highest BCUT2D eigenvalue weighted by Crippen LogP contribution is 2.21. The molecule has 2 aromatic rings. The second kappa shape index (κ2) is 7.06. The Kier molecular flexibility index (Phi) is 5.14. The number of allylic oxidation sites excluding steroid dienone is 1. The van der Waals surface area contributed by atoms with Crippen LogP contribution in [-0.2, 0) is 0 Å². The van der Waals surface area contributed by atoms with Gasteiger partial charge in [0.25, 0.3) is 0 Å². The summed E-state index contributed by atoms with van der Waals surface area (Å²) < 4.78 is 0. The summed E-state index contributed by atoms with van der Waals surface area (Å²) >= 11 is 0.